The van der Waals surface area contributed by atoms with Gasteiger partial charge in [0.15, 0.2) is 0 Å². The van der Waals surface area contributed by atoms with Gasteiger partial charge in [-0.25, -0.2) is 0 Å². The summed E-state index contributed by atoms with van der Waals surface area (Å²) in [6.07, 6.45) is 0.396. The van der Waals surface area contributed by atoms with Gasteiger partial charge in [-0.15, -0.1) is 12.6 Å². The van der Waals surface area contributed by atoms with Gasteiger partial charge in [0.1, 0.15) is 5.69 Å². The van der Waals surface area contributed by atoms with Gasteiger partial charge in [-0.2, -0.15) is 0 Å². The quantitative estimate of drug-likeness (QED) is 0.347. The van der Waals surface area contributed by atoms with Crippen LogP contribution in [0.25, 0.3) is 0 Å². The van der Waals surface area contributed by atoms with Crippen molar-refractivity contribution in [1.82, 2.24) is 0 Å². The van der Waals surface area contributed by atoms with Gasteiger partial charge in [-0.3, -0.25) is 19.8 Å². The zero-order valence-electron chi connectivity index (χ0n) is 10.7. The third-order valence-corrected chi connectivity index (χ3v) is 4.23. The van der Waals surface area contributed by atoms with E-state index in [2.05, 4.69) is 12.6 Å². The molecule has 0 aromatic heterocycles. The SMILES string of the molecule is O=CN(c1ccc(Cl)cc1[N+](=O)[O-])c1c(Cl)ccc(Cl)c1S. The van der Waals surface area contributed by atoms with Crippen LogP contribution in [-0.2, 0) is 4.79 Å². The normalized spacial score (nSPS) is 10.4. The van der Waals surface area contributed by atoms with E-state index in [0.29, 0.717) is 6.41 Å². The Labute approximate surface area is 145 Å². The summed E-state index contributed by atoms with van der Waals surface area (Å²) in [6.45, 7) is 0. The lowest BCUT2D eigenvalue weighted by molar-refractivity contribution is -0.384. The molecular weight excluding hydrogens is 371 g/mol. The maximum atomic E-state index is 11.5. The van der Waals surface area contributed by atoms with Crippen molar-refractivity contribution in [2.75, 3.05) is 4.90 Å². The van der Waals surface area contributed by atoms with E-state index in [9.17, 15) is 14.9 Å². The molecular formula is C13H7Cl3N2O3S. The van der Waals surface area contributed by atoms with Crippen LogP contribution in [0.4, 0.5) is 17.1 Å². The minimum Gasteiger partial charge on any atom is -0.278 e. The summed E-state index contributed by atoms with van der Waals surface area (Å²) in [4.78, 5) is 23.3. The lowest BCUT2D eigenvalue weighted by atomic mass is 10.2. The number of nitro groups is 1. The minimum absolute atomic E-state index is 0.00358. The van der Waals surface area contributed by atoms with Gasteiger partial charge in [-0.1, -0.05) is 34.8 Å². The molecule has 0 aliphatic heterocycles. The molecule has 2 aromatic rings. The largest absolute Gasteiger partial charge is 0.294 e. The summed E-state index contributed by atoms with van der Waals surface area (Å²) < 4.78 is 0. The average Bonchev–Trinajstić information content (AvgIpc) is 2.48. The average molecular weight is 378 g/mol. The molecule has 0 unspecified atom stereocenters. The maximum Gasteiger partial charge on any atom is 0.294 e. The zero-order chi connectivity index (χ0) is 16.4. The molecule has 5 nitrogen and oxygen atoms in total. The highest BCUT2D eigenvalue weighted by atomic mass is 35.5. The highest BCUT2D eigenvalue weighted by Crippen LogP contribution is 2.42. The van der Waals surface area contributed by atoms with Crippen molar-refractivity contribution in [3.05, 3.63) is 55.5 Å². The van der Waals surface area contributed by atoms with E-state index in [1.807, 2.05) is 0 Å². The maximum absolute atomic E-state index is 11.5. The molecule has 0 spiro atoms. The molecule has 0 saturated carbocycles. The van der Waals surface area contributed by atoms with Crippen LogP contribution in [0.2, 0.25) is 15.1 Å². The molecule has 22 heavy (non-hydrogen) atoms. The molecule has 0 bridgehead atoms. The predicted octanol–water partition coefficient (Wildman–Crippen LogP) is 5.14. The standard InChI is InChI=1S/C13H7Cl3N2O3S/c14-7-1-4-10(11(5-7)18(20)21)17(6-19)12-8(15)2-3-9(16)13(12)22/h1-6,22H. The van der Waals surface area contributed by atoms with E-state index < -0.39 is 4.92 Å². The lowest BCUT2D eigenvalue weighted by Gasteiger charge is -2.21. The highest BCUT2D eigenvalue weighted by Gasteiger charge is 2.24. The van der Waals surface area contributed by atoms with E-state index in [0.717, 1.165) is 11.0 Å². The number of hydrogen-bond donors (Lipinski definition) is 1. The molecule has 0 radical (unpaired) electrons. The number of rotatable bonds is 4. The number of carbonyl (C=O) groups is 1. The van der Waals surface area contributed by atoms with Gasteiger partial charge < -0.3 is 0 Å². The van der Waals surface area contributed by atoms with Crippen LogP contribution in [0.1, 0.15) is 0 Å². The fourth-order valence-electron chi connectivity index (χ4n) is 1.84. The van der Waals surface area contributed by atoms with Crippen molar-refractivity contribution in [2.45, 2.75) is 4.90 Å². The van der Waals surface area contributed by atoms with Gasteiger partial charge in [0.2, 0.25) is 6.41 Å². The Hall–Kier alpha value is -1.47. The summed E-state index contributed by atoms with van der Waals surface area (Å²) in [5.74, 6) is 0. The lowest BCUT2D eigenvalue weighted by Crippen LogP contribution is -2.17. The van der Waals surface area contributed by atoms with Gasteiger partial charge in [-0.05, 0) is 24.3 Å². The summed E-state index contributed by atoms with van der Waals surface area (Å²) in [5, 5.41) is 11.8. The number of thiol groups is 1. The Bertz CT molecular complexity index is 770. The van der Waals surface area contributed by atoms with Crippen molar-refractivity contribution < 1.29 is 9.72 Å². The van der Waals surface area contributed by atoms with Crippen LogP contribution in [0.5, 0.6) is 0 Å². The van der Waals surface area contributed by atoms with Gasteiger partial charge in [0, 0.05) is 16.0 Å². The second-order valence-electron chi connectivity index (χ2n) is 4.09. The predicted molar refractivity (Wildman–Crippen MR) is 90.0 cm³/mol. The van der Waals surface area contributed by atoms with Crippen LogP contribution in [-0.4, -0.2) is 11.3 Å². The van der Waals surface area contributed by atoms with Crippen molar-refractivity contribution in [1.29, 1.82) is 0 Å². The molecule has 114 valence electrons. The molecule has 0 heterocycles. The van der Waals surface area contributed by atoms with E-state index >= 15 is 0 Å². The smallest absolute Gasteiger partial charge is 0.278 e. The van der Waals surface area contributed by atoms with Crippen LogP contribution in [0, 0.1) is 10.1 Å². The van der Waals surface area contributed by atoms with Crippen molar-refractivity contribution >= 4 is 70.9 Å². The van der Waals surface area contributed by atoms with E-state index in [1.54, 1.807) is 0 Å². The molecule has 0 atom stereocenters. The molecule has 0 saturated heterocycles. The number of carbonyl (C=O) groups excluding carboxylic acids is 1. The number of nitrogens with zero attached hydrogens (tertiary/aromatic N) is 2. The molecule has 0 aliphatic rings. The van der Waals surface area contributed by atoms with Crippen molar-refractivity contribution in [3.8, 4) is 0 Å². The number of hydrogen-bond acceptors (Lipinski definition) is 4. The van der Waals surface area contributed by atoms with E-state index in [-0.39, 0.29) is 37.0 Å². The van der Waals surface area contributed by atoms with E-state index in [1.165, 1.54) is 24.3 Å². The highest BCUT2D eigenvalue weighted by molar-refractivity contribution is 7.80. The molecule has 2 rings (SSSR count). The topological polar surface area (TPSA) is 63.5 Å². The van der Waals surface area contributed by atoms with Crippen LogP contribution >= 0.6 is 47.4 Å². The van der Waals surface area contributed by atoms with Gasteiger partial charge in [0.05, 0.1) is 20.7 Å². The number of nitro benzene ring substituents is 1. The molecule has 0 N–H and O–H groups in total. The first-order valence-electron chi connectivity index (χ1n) is 5.72. The van der Waals surface area contributed by atoms with Crippen molar-refractivity contribution in [2.24, 2.45) is 0 Å². The van der Waals surface area contributed by atoms with Gasteiger partial charge in [0.25, 0.3) is 5.69 Å². The third kappa shape index (κ3) is 3.15. The second-order valence-corrected chi connectivity index (χ2v) is 5.79. The molecule has 0 aliphatic carbocycles. The molecule has 0 fully saturated rings. The second kappa shape index (κ2) is 6.75. The Morgan fingerprint density at radius 2 is 1.77 bits per heavy atom. The summed E-state index contributed by atoms with van der Waals surface area (Å²) >= 11 is 22.0. The Balaban J connectivity index is 2.72. The molecule has 2 aromatic carbocycles. The number of amides is 1. The number of anilines is 2. The fourth-order valence-corrected chi connectivity index (χ4v) is 2.77. The first kappa shape index (κ1) is 16.9. The monoisotopic (exact) mass is 376 g/mol. The number of benzene rings is 2. The summed E-state index contributed by atoms with van der Waals surface area (Å²) in [6, 6.07) is 6.90. The molecule has 9 heteroatoms. The van der Waals surface area contributed by atoms with Crippen LogP contribution in [0.15, 0.2) is 35.2 Å². The Kier molecular flexibility index (Phi) is 5.18. The van der Waals surface area contributed by atoms with Gasteiger partial charge >= 0.3 is 0 Å². The third-order valence-electron chi connectivity index (χ3n) is 2.79. The van der Waals surface area contributed by atoms with Crippen molar-refractivity contribution in [3.63, 3.8) is 0 Å². The summed E-state index contributed by atoms with van der Waals surface area (Å²) in [7, 11) is 0. The molecule has 1 amide bonds. The van der Waals surface area contributed by atoms with Crippen LogP contribution < -0.4 is 4.90 Å². The van der Waals surface area contributed by atoms with Crippen LogP contribution in [0.3, 0.4) is 0 Å². The number of halogens is 3. The first-order valence-corrected chi connectivity index (χ1v) is 7.30. The fraction of sp³-hybridized carbons (Fsp3) is 0. The van der Waals surface area contributed by atoms with E-state index in [4.69, 9.17) is 34.8 Å². The first-order chi connectivity index (χ1) is 10.4. The zero-order valence-corrected chi connectivity index (χ0v) is 13.8. The minimum atomic E-state index is -0.644. The summed E-state index contributed by atoms with van der Waals surface area (Å²) in [5.41, 5.74) is -0.190. The Morgan fingerprint density at radius 3 is 2.36 bits per heavy atom. The Morgan fingerprint density at radius 1 is 1.14 bits per heavy atom.